The molecule has 2 unspecified atom stereocenters. The Balaban J connectivity index is 1.80. The third-order valence-electron chi connectivity index (χ3n) is 4.53. The highest BCUT2D eigenvalue weighted by atomic mass is 79.9. The van der Waals surface area contributed by atoms with Gasteiger partial charge in [-0.3, -0.25) is 4.79 Å². The van der Waals surface area contributed by atoms with Crippen LogP contribution in [0.1, 0.15) is 25.7 Å². The lowest BCUT2D eigenvalue weighted by Crippen LogP contribution is -2.44. The van der Waals surface area contributed by atoms with Crippen LogP contribution in [-0.4, -0.2) is 35.5 Å². The highest BCUT2D eigenvalue weighted by Crippen LogP contribution is 2.30. The van der Waals surface area contributed by atoms with Crippen molar-refractivity contribution in [2.75, 3.05) is 24.5 Å². The van der Waals surface area contributed by atoms with Gasteiger partial charge in [-0.15, -0.1) is 0 Å². The number of aryl methyl sites for hydroxylation is 1. The molecule has 2 saturated heterocycles. The van der Waals surface area contributed by atoms with Crippen molar-refractivity contribution in [3.05, 3.63) is 21.0 Å². The summed E-state index contributed by atoms with van der Waals surface area (Å²) in [6.07, 6.45) is 6.84. The summed E-state index contributed by atoms with van der Waals surface area (Å²) < 4.78 is 2.00. The van der Waals surface area contributed by atoms with Crippen molar-refractivity contribution in [2.45, 2.75) is 31.7 Å². The molecule has 0 bridgehead atoms. The maximum atomic E-state index is 12.0. The molecule has 20 heavy (non-hydrogen) atoms. The molecule has 110 valence electrons. The van der Waals surface area contributed by atoms with Gasteiger partial charge in [-0.05, 0) is 54.1 Å². The lowest BCUT2D eigenvalue weighted by Gasteiger charge is -2.37. The van der Waals surface area contributed by atoms with Crippen molar-refractivity contribution in [1.82, 2.24) is 15.1 Å². The number of halogens is 1. The van der Waals surface area contributed by atoms with Crippen molar-refractivity contribution in [2.24, 2.45) is 13.0 Å². The summed E-state index contributed by atoms with van der Waals surface area (Å²) >= 11 is 3.44. The molecule has 0 radical (unpaired) electrons. The second kappa shape index (κ2) is 5.85. The van der Waals surface area contributed by atoms with Crippen LogP contribution in [0.2, 0.25) is 0 Å². The first-order chi connectivity index (χ1) is 9.66. The van der Waals surface area contributed by atoms with Crippen molar-refractivity contribution in [3.63, 3.8) is 0 Å². The Kier molecular flexibility index (Phi) is 4.12. The number of hydrogen-bond donors (Lipinski definition) is 1. The molecule has 6 heteroatoms. The first-order valence-electron chi connectivity index (χ1n) is 7.37. The lowest BCUT2D eigenvalue weighted by molar-refractivity contribution is 0.328. The monoisotopic (exact) mass is 340 g/mol. The van der Waals surface area contributed by atoms with Gasteiger partial charge in [-0.25, -0.2) is 4.68 Å². The quantitative estimate of drug-likeness (QED) is 0.886. The molecule has 0 aromatic carbocycles. The summed E-state index contributed by atoms with van der Waals surface area (Å²) in [6.45, 7) is 3.18. The fraction of sp³-hybridized carbons (Fsp3) is 0.714. The van der Waals surface area contributed by atoms with E-state index in [-0.39, 0.29) is 5.56 Å². The molecule has 1 aromatic rings. The average Bonchev–Trinajstić information content (AvgIpc) is 2.99. The van der Waals surface area contributed by atoms with Gasteiger partial charge < -0.3 is 10.2 Å². The molecule has 0 aliphatic carbocycles. The summed E-state index contributed by atoms with van der Waals surface area (Å²) in [5, 5.41) is 7.77. The van der Waals surface area contributed by atoms with Gasteiger partial charge in [-0.2, -0.15) is 5.10 Å². The van der Waals surface area contributed by atoms with Gasteiger partial charge >= 0.3 is 0 Å². The molecule has 0 amide bonds. The standard InChI is InChI=1S/C14H21BrN4O/c1-18-14(20)13(15)12(8-17-18)19-7-3-4-10(9-19)11-5-2-6-16-11/h8,10-11,16H,2-7,9H2,1H3. The molecule has 2 atom stereocenters. The van der Waals surface area contributed by atoms with Crippen LogP contribution in [0.15, 0.2) is 15.5 Å². The van der Waals surface area contributed by atoms with Crippen molar-refractivity contribution < 1.29 is 0 Å². The molecule has 5 nitrogen and oxygen atoms in total. The second-order valence-corrected chi connectivity index (χ2v) is 6.62. The predicted octanol–water partition coefficient (Wildman–Crippen LogP) is 1.51. The summed E-state index contributed by atoms with van der Waals surface area (Å²) in [5.74, 6) is 0.683. The van der Waals surface area contributed by atoms with Crippen molar-refractivity contribution in [1.29, 1.82) is 0 Å². The van der Waals surface area contributed by atoms with Crippen LogP contribution in [-0.2, 0) is 7.05 Å². The van der Waals surface area contributed by atoms with Gasteiger partial charge in [0.15, 0.2) is 0 Å². The van der Waals surface area contributed by atoms with E-state index >= 15 is 0 Å². The molecule has 2 fully saturated rings. The molecule has 2 aliphatic heterocycles. The van der Waals surface area contributed by atoms with Gasteiger partial charge in [0.25, 0.3) is 5.56 Å². The van der Waals surface area contributed by atoms with Gasteiger partial charge in [0.2, 0.25) is 0 Å². The summed E-state index contributed by atoms with van der Waals surface area (Å²) in [6, 6.07) is 0.649. The average molecular weight is 341 g/mol. The number of anilines is 1. The smallest absolute Gasteiger partial charge is 0.282 e. The minimum atomic E-state index is -0.0661. The fourth-order valence-corrected chi connectivity index (χ4v) is 4.00. The number of aromatic nitrogens is 2. The van der Waals surface area contributed by atoms with Crippen LogP contribution in [0.25, 0.3) is 0 Å². The minimum absolute atomic E-state index is 0.0661. The highest BCUT2D eigenvalue weighted by molar-refractivity contribution is 9.10. The third-order valence-corrected chi connectivity index (χ3v) is 5.27. The molecule has 1 N–H and O–H groups in total. The van der Waals surface area contributed by atoms with E-state index in [0.29, 0.717) is 16.4 Å². The number of nitrogens with one attached hydrogen (secondary N) is 1. The van der Waals surface area contributed by atoms with Gasteiger partial charge in [0.1, 0.15) is 4.47 Å². The predicted molar refractivity (Wildman–Crippen MR) is 83.1 cm³/mol. The van der Waals surface area contributed by atoms with Gasteiger partial charge in [0, 0.05) is 26.2 Å². The summed E-state index contributed by atoms with van der Waals surface area (Å²) in [4.78, 5) is 14.3. The molecular formula is C14H21BrN4O. The summed E-state index contributed by atoms with van der Waals surface area (Å²) in [7, 11) is 1.68. The first kappa shape index (κ1) is 14.1. The van der Waals surface area contributed by atoms with Crippen molar-refractivity contribution >= 4 is 21.6 Å². The minimum Gasteiger partial charge on any atom is -0.369 e. The molecule has 0 spiro atoms. The maximum absolute atomic E-state index is 12.0. The second-order valence-electron chi connectivity index (χ2n) is 5.82. The van der Waals surface area contributed by atoms with Crippen molar-refractivity contribution in [3.8, 4) is 0 Å². The van der Waals surface area contributed by atoms with Crippen LogP contribution in [0.5, 0.6) is 0 Å². The van der Waals surface area contributed by atoms with E-state index in [2.05, 4.69) is 31.2 Å². The van der Waals surface area contributed by atoms with Crippen LogP contribution in [0.4, 0.5) is 5.69 Å². The van der Waals surface area contributed by atoms with Crippen LogP contribution in [0, 0.1) is 5.92 Å². The van der Waals surface area contributed by atoms with Gasteiger partial charge in [-0.1, -0.05) is 0 Å². The van der Waals surface area contributed by atoms with Crippen LogP contribution in [0.3, 0.4) is 0 Å². The molecule has 3 rings (SSSR count). The largest absolute Gasteiger partial charge is 0.369 e. The van der Waals surface area contributed by atoms with Crippen LogP contribution < -0.4 is 15.8 Å². The Morgan fingerprint density at radius 1 is 1.40 bits per heavy atom. The number of hydrogen-bond acceptors (Lipinski definition) is 4. The molecule has 3 heterocycles. The zero-order valence-electron chi connectivity index (χ0n) is 11.8. The normalized spacial score (nSPS) is 27.0. The van der Waals surface area contributed by atoms with E-state index in [1.54, 1.807) is 13.2 Å². The maximum Gasteiger partial charge on any atom is 0.282 e. The van der Waals surface area contributed by atoms with E-state index < -0.39 is 0 Å². The van der Waals surface area contributed by atoms with E-state index in [4.69, 9.17) is 0 Å². The molecular weight excluding hydrogens is 320 g/mol. The lowest BCUT2D eigenvalue weighted by atomic mass is 9.89. The fourth-order valence-electron chi connectivity index (χ4n) is 3.39. The Bertz CT molecular complexity index is 538. The van der Waals surface area contributed by atoms with Gasteiger partial charge in [0.05, 0.1) is 11.9 Å². The zero-order valence-corrected chi connectivity index (χ0v) is 13.4. The number of rotatable bonds is 2. The SMILES string of the molecule is Cn1ncc(N2CCCC(C3CCCN3)C2)c(Br)c1=O. The van der Waals surface area contributed by atoms with E-state index in [9.17, 15) is 4.79 Å². The molecule has 1 aromatic heterocycles. The Morgan fingerprint density at radius 3 is 3.00 bits per heavy atom. The van der Waals surface area contributed by atoms with Crippen LogP contribution >= 0.6 is 15.9 Å². The number of piperidine rings is 1. The molecule has 2 aliphatic rings. The first-order valence-corrected chi connectivity index (χ1v) is 8.16. The molecule has 0 saturated carbocycles. The number of nitrogens with zero attached hydrogens (tertiary/aromatic N) is 3. The third kappa shape index (κ3) is 2.63. The Morgan fingerprint density at radius 2 is 2.25 bits per heavy atom. The highest BCUT2D eigenvalue weighted by Gasteiger charge is 2.30. The Hall–Kier alpha value is -0.880. The van der Waals surface area contributed by atoms with E-state index in [1.165, 1.54) is 30.4 Å². The zero-order chi connectivity index (χ0) is 14.1. The van der Waals surface area contributed by atoms with E-state index in [1.807, 2.05) is 0 Å². The topological polar surface area (TPSA) is 50.2 Å². The summed E-state index contributed by atoms with van der Waals surface area (Å²) in [5.41, 5.74) is 0.874. The Labute approximate surface area is 127 Å². The van der Waals surface area contributed by atoms with E-state index in [0.717, 1.165) is 25.3 Å².